The highest BCUT2D eigenvalue weighted by atomic mass is 19.3. The van der Waals surface area contributed by atoms with Crippen molar-refractivity contribution in [2.24, 2.45) is 11.8 Å². The second kappa shape index (κ2) is 13.3. The number of hydrogen-bond donors (Lipinski definition) is 2. The predicted molar refractivity (Wildman–Crippen MR) is 147 cm³/mol. The number of halogens is 2. The summed E-state index contributed by atoms with van der Waals surface area (Å²) in [5.41, 5.74) is 0.106. The summed E-state index contributed by atoms with van der Waals surface area (Å²) in [6.07, 6.45) is 2.24. The lowest BCUT2D eigenvalue weighted by Crippen LogP contribution is -2.56. The third kappa shape index (κ3) is 8.54. The average Bonchev–Trinajstić information content (AvgIpc) is 2.88. The van der Waals surface area contributed by atoms with E-state index in [2.05, 4.69) is 29.5 Å². The zero-order chi connectivity index (χ0) is 28.8. The van der Waals surface area contributed by atoms with Crippen molar-refractivity contribution in [3.05, 3.63) is 17.6 Å². The number of nitrogens with zero attached hydrogens (tertiary/aromatic N) is 4. The van der Waals surface area contributed by atoms with Gasteiger partial charge in [-0.3, -0.25) is 9.59 Å². The van der Waals surface area contributed by atoms with Crippen LogP contribution in [0.25, 0.3) is 0 Å². The first-order valence-corrected chi connectivity index (χ1v) is 14.1. The van der Waals surface area contributed by atoms with Gasteiger partial charge in [0.2, 0.25) is 5.91 Å². The number of ether oxygens (including phenoxy) is 1. The molecule has 39 heavy (non-hydrogen) atoms. The molecule has 0 aliphatic carbocycles. The topological polar surface area (TPSA) is 99.7 Å². The first kappa shape index (κ1) is 31.1. The van der Waals surface area contributed by atoms with Crippen molar-refractivity contribution in [1.82, 2.24) is 25.1 Å². The molecule has 2 fully saturated rings. The molecule has 2 N–H and O–H groups in total. The van der Waals surface area contributed by atoms with Gasteiger partial charge in [-0.05, 0) is 18.8 Å². The Balaban J connectivity index is 1.82. The van der Waals surface area contributed by atoms with E-state index < -0.39 is 5.92 Å². The molecule has 220 valence electrons. The lowest BCUT2D eigenvalue weighted by Gasteiger charge is -2.41. The number of alkyl halides is 2. The summed E-state index contributed by atoms with van der Waals surface area (Å²) < 4.78 is 32.4. The Morgan fingerprint density at radius 3 is 2.56 bits per heavy atom. The zero-order valence-corrected chi connectivity index (χ0v) is 24.4. The summed E-state index contributed by atoms with van der Waals surface area (Å²) in [5.74, 6) is -2.04. The standard InChI is InChI=1S/C28H46F2N6O3/c1-19(2)18-36(21-14-20(15-31-16-21)24(37)35-11-8-28(29,30)9-12-35)25(38)22-17-33-26(27(3,4)5)34-23(22)32-10-7-13-39-6/h17,19-21,31H,7-16,18H2,1-6H3,(H,32,33,34)/t20-,21+/m1/s1. The minimum atomic E-state index is -2.70. The molecule has 0 spiro atoms. The van der Waals surface area contributed by atoms with Crippen molar-refractivity contribution in [1.29, 1.82) is 0 Å². The van der Waals surface area contributed by atoms with Crippen LogP contribution < -0.4 is 10.6 Å². The van der Waals surface area contributed by atoms with Crippen molar-refractivity contribution in [3.8, 4) is 0 Å². The first-order chi connectivity index (χ1) is 18.3. The van der Waals surface area contributed by atoms with E-state index in [1.807, 2.05) is 25.7 Å². The summed E-state index contributed by atoms with van der Waals surface area (Å²) in [7, 11) is 1.65. The fourth-order valence-electron chi connectivity index (χ4n) is 5.06. The van der Waals surface area contributed by atoms with Crippen LogP contribution >= 0.6 is 0 Å². The minimum Gasteiger partial charge on any atom is -0.385 e. The number of carbonyl (C=O) groups is 2. The number of aromatic nitrogens is 2. The molecule has 3 rings (SSSR count). The number of hydrogen-bond acceptors (Lipinski definition) is 7. The predicted octanol–water partition coefficient (Wildman–Crippen LogP) is 3.56. The fourth-order valence-corrected chi connectivity index (χ4v) is 5.06. The summed E-state index contributed by atoms with van der Waals surface area (Å²) >= 11 is 0. The summed E-state index contributed by atoms with van der Waals surface area (Å²) in [6.45, 7) is 13.0. The monoisotopic (exact) mass is 552 g/mol. The number of amides is 2. The first-order valence-electron chi connectivity index (χ1n) is 14.1. The van der Waals surface area contributed by atoms with Crippen molar-refractivity contribution >= 4 is 17.6 Å². The molecule has 1 aromatic rings. The maximum absolute atomic E-state index is 14.1. The number of anilines is 1. The number of carbonyl (C=O) groups excluding carboxylic acids is 2. The van der Waals surface area contributed by atoms with Gasteiger partial charge < -0.3 is 25.2 Å². The molecule has 2 saturated heterocycles. The Bertz CT molecular complexity index is 975. The lowest BCUT2D eigenvalue weighted by molar-refractivity contribution is -0.142. The van der Waals surface area contributed by atoms with Crippen molar-refractivity contribution in [2.45, 2.75) is 77.7 Å². The average molecular weight is 553 g/mol. The molecule has 11 heteroatoms. The number of rotatable bonds is 10. The van der Waals surface area contributed by atoms with Crippen LogP contribution in [0.4, 0.5) is 14.6 Å². The van der Waals surface area contributed by atoms with Gasteiger partial charge in [0.05, 0.1) is 5.92 Å². The fraction of sp³-hybridized carbons (Fsp3) is 0.786. The van der Waals surface area contributed by atoms with E-state index in [0.717, 1.165) is 6.42 Å². The molecule has 2 atom stereocenters. The van der Waals surface area contributed by atoms with Gasteiger partial charge in [0.1, 0.15) is 17.2 Å². The highest BCUT2D eigenvalue weighted by molar-refractivity contribution is 5.98. The van der Waals surface area contributed by atoms with E-state index in [-0.39, 0.29) is 61.0 Å². The Hall–Kier alpha value is -2.40. The van der Waals surface area contributed by atoms with Crippen molar-refractivity contribution < 1.29 is 23.1 Å². The van der Waals surface area contributed by atoms with Gasteiger partial charge in [0.15, 0.2) is 0 Å². The van der Waals surface area contributed by atoms with Gasteiger partial charge >= 0.3 is 0 Å². The smallest absolute Gasteiger partial charge is 0.259 e. The normalized spacial score (nSPS) is 21.6. The van der Waals surface area contributed by atoms with E-state index >= 15 is 0 Å². The number of methoxy groups -OCH3 is 1. The van der Waals surface area contributed by atoms with Crippen LogP contribution in [0.2, 0.25) is 0 Å². The molecule has 2 aliphatic rings. The second-order valence-corrected chi connectivity index (χ2v) is 12.3. The summed E-state index contributed by atoms with van der Waals surface area (Å²) in [4.78, 5) is 40.0. The van der Waals surface area contributed by atoms with Gasteiger partial charge in [-0.2, -0.15) is 0 Å². The van der Waals surface area contributed by atoms with Crippen LogP contribution in [0.3, 0.4) is 0 Å². The molecule has 2 amide bonds. The van der Waals surface area contributed by atoms with Crippen LogP contribution in [-0.4, -0.2) is 96.5 Å². The van der Waals surface area contributed by atoms with Gasteiger partial charge in [-0.25, -0.2) is 18.7 Å². The van der Waals surface area contributed by atoms with Crippen LogP contribution in [0.5, 0.6) is 0 Å². The van der Waals surface area contributed by atoms with Crippen molar-refractivity contribution in [2.75, 3.05) is 58.3 Å². The Kier molecular flexibility index (Phi) is 10.6. The molecule has 0 unspecified atom stereocenters. The van der Waals surface area contributed by atoms with E-state index in [1.54, 1.807) is 18.2 Å². The maximum Gasteiger partial charge on any atom is 0.259 e. The van der Waals surface area contributed by atoms with E-state index in [9.17, 15) is 18.4 Å². The van der Waals surface area contributed by atoms with Crippen LogP contribution in [0.15, 0.2) is 6.20 Å². The molecule has 0 radical (unpaired) electrons. The molecule has 0 saturated carbocycles. The molecular formula is C28H46F2N6O3. The largest absolute Gasteiger partial charge is 0.385 e. The molecule has 0 aromatic carbocycles. The summed E-state index contributed by atoms with van der Waals surface area (Å²) in [6, 6.07) is -0.225. The molecule has 3 heterocycles. The molecular weight excluding hydrogens is 506 g/mol. The van der Waals surface area contributed by atoms with Gasteiger partial charge in [-0.1, -0.05) is 34.6 Å². The Labute approximate surface area is 231 Å². The van der Waals surface area contributed by atoms with Crippen molar-refractivity contribution in [3.63, 3.8) is 0 Å². The van der Waals surface area contributed by atoms with Crippen LogP contribution in [0.1, 0.15) is 76.5 Å². The Morgan fingerprint density at radius 1 is 1.26 bits per heavy atom. The van der Waals surface area contributed by atoms with E-state index in [0.29, 0.717) is 56.4 Å². The second-order valence-electron chi connectivity index (χ2n) is 12.3. The molecule has 2 aliphatic heterocycles. The summed E-state index contributed by atoms with van der Waals surface area (Å²) in [5, 5.41) is 6.64. The molecule has 0 bridgehead atoms. The van der Waals surface area contributed by atoms with Crippen LogP contribution in [0, 0.1) is 11.8 Å². The number of piperidine rings is 2. The Morgan fingerprint density at radius 2 is 1.95 bits per heavy atom. The van der Waals surface area contributed by atoms with E-state index in [4.69, 9.17) is 9.72 Å². The highest BCUT2D eigenvalue weighted by Crippen LogP contribution is 2.30. The minimum absolute atomic E-state index is 0.0667. The quantitative estimate of drug-likeness (QED) is 0.428. The third-order valence-electron chi connectivity index (χ3n) is 7.25. The highest BCUT2D eigenvalue weighted by Gasteiger charge is 2.40. The SMILES string of the molecule is COCCCNc1nc(C(C)(C)C)ncc1C(=O)N(CC(C)C)[C@@H]1CNC[C@H](C(=O)N2CCC(F)(F)CC2)C1. The lowest BCUT2D eigenvalue weighted by atomic mass is 9.91. The number of likely N-dealkylation sites (tertiary alicyclic amines) is 1. The maximum atomic E-state index is 14.1. The van der Waals surface area contributed by atoms with Gasteiger partial charge in [0, 0.05) is 83.5 Å². The van der Waals surface area contributed by atoms with Gasteiger partial charge in [-0.15, -0.1) is 0 Å². The number of nitrogens with one attached hydrogen (secondary N) is 2. The zero-order valence-electron chi connectivity index (χ0n) is 24.4. The third-order valence-corrected chi connectivity index (χ3v) is 7.25. The van der Waals surface area contributed by atoms with Crippen LogP contribution in [-0.2, 0) is 14.9 Å². The molecule has 9 nitrogen and oxygen atoms in total. The molecule has 1 aromatic heterocycles. The van der Waals surface area contributed by atoms with Gasteiger partial charge in [0.25, 0.3) is 11.8 Å². The van der Waals surface area contributed by atoms with E-state index in [1.165, 1.54) is 0 Å².